The molecule has 0 heterocycles. The third-order valence-corrected chi connectivity index (χ3v) is 3.83. The van der Waals surface area contributed by atoms with Crippen LogP contribution >= 0.6 is 0 Å². The smallest absolute Gasteiger partial charge is 0.346 e. The molecule has 14 nitrogen and oxygen atoms in total. The van der Waals surface area contributed by atoms with Crippen molar-refractivity contribution in [2.45, 2.75) is 35.1 Å². The molecule has 0 fully saturated rings. The highest BCUT2D eigenvalue weighted by Crippen LogP contribution is 2.15. The number of ether oxygens (including phenoxy) is 2. The lowest BCUT2D eigenvalue weighted by Gasteiger charge is -2.09. The molecule has 0 aliphatic rings. The molecule has 0 saturated carbocycles. The van der Waals surface area contributed by atoms with Gasteiger partial charge in [0.2, 0.25) is 6.79 Å². The van der Waals surface area contributed by atoms with Crippen molar-refractivity contribution in [1.29, 1.82) is 0 Å². The molecule has 0 bridgehead atoms. The summed E-state index contributed by atoms with van der Waals surface area (Å²) in [7, 11) is 0. The predicted molar refractivity (Wildman–Crippen MR) is 137 cm³/mol. The second-order valence-electron chi connectivity index (χ2n) is 6.48. The fraction of sp³-hybridized carbons (Fsp3) is 0.250. The number of carboxylic acid groups (broad SMARTS) is 2. The minimum atomic E-state index is -1.35. The van der Waals surface area contributed by atoms with E-state index in [1.807, 2.05) is 0 Å². The van der Waals surface area contributed by atoms with E-state index < -0.39 is 36.7 Å². The zero-order valence-electron chi connectivity index (χ0n) is 17.9. The Morgan fingerprint density at radius 1 is 0.632 bits per heavy atom. The summed E-state index contributed by atoms with van der Waals surface area (Å²) in [5, 5.41) is 23.7. The van der Waals surface area contributed by atoms with Crippen molar-refractivity contribution >= 4 is 35.5 Å². The van der Waals surface area contributed by atoms with Gasteiger partial charge in [0.15, 0.2) is 11.7 Å². The minimum absolute atomic E-state index is 0. The van der Waals surface area contributed by atoms with Gasteiger partial charge in [-0.3, -0.25) is 9.59 Å². The summed E-state index contributed by atoms with van der Waals surface area (Å²) in [4.78, 5) is 52.0. The summed E-state index contributed by atoms with van der Waals surface area (Å²) in [6.45, 7) is -0.147. The van der Waals surface area contributed by atoms with Gasteiger partial charge >= 0.3 is 23.9 Å². The standard InChI is InChI=1S/C21H20N4O10.3CH4/c22-20(24-34-18(30)9-16(26)27)12-1-5-14(6-2-12)32-11-33-15-7-3-13(4-8-15)21(23)25-35-19(31)10-17(28)29;;;/h1-8H,9-11H2,(H2,22,24)(H2,23,25)(H,26,27)(H,28,29);3*1H4. The molecule has 208 valence electrons. The summed E-state index contributed by atoms with van der Waals surface area (Å²) in [6.07, 6.45) is -1.67. The molecule has 14 heteroatoms. The van der Waals surface area contributed by atoms with E-state index in [9.17, 15) is 19.2 Å². The number of hydrogen-bond acceptors (Lipinski definition) is 10. The molecular formula is C24H32N4O10. The maximum Gasteiger partial charge on any atom is 0.346 e. The van der Waals surface area contributed by atoms with Crippen molar-refractivity contribution in [2.24, 2.45) is 21.8 Å². The first-order valence-electron chi connectivity index (χ1n) is 9.60. The third kappa shape index (κ3) is 12.5. The molecule has 0 aliphatic heterocycles. The monoisotopic (exact) mass is 536 g/mol. The molecule has 38 heavy (non-hydrogen) atoms. The summed E-state index contributed by atoms with van der Waals surface area (Å²) >= 11 is 0. The largest absolute Gasteiger partial charge is 0.481 e. The SMILES string of the molecule is C.C.C.N/C(=N\OC(=O)CC(=O)O)c1ccc(OCOc2ccc(/C(N)=N/OC(=O)CC(=O)O)cc2)cc1. The first-order chi connectivity index (χ1) is 16.6. The van der Waals surface area contributed by atoms with E-state index in [0.717, 1.165) is 0 Å². The average Bonchev–Trinajstić information content (AvgIpc) is 2.81. The molecule has 0 amide bonds. The Hall–Kier alpha value is -5.14. The molecule has 2 rings (SSSR count). The van der Waals surface area contributed by atoms with E-state index >= 15 is 0 Å². The number of nitrogens with two attached hydrogens (primary N) is 2. The van der Waals surface area contributed by atoms with Gasteiger partial charge in [0.25, 0.3) is 0 Å². The first-order valence-corrected chi connectivity index (χ1v) is 9.60. The maximum atomic E-state index is 11.2. The molecule has 2 aromatic carbocycles. The Morgan fingerprint density at radius 3 is 1.24 bits per heavy atom. The number of rotatable bonds is 12. The van der Waals surface area contributed by atoms with Gasteiger partial charge in [-0.1, -0.05) is 32.6 Å². The van der Waals surface area contributed by atoms with E-state index in [-0.39, 0.29) is 40.7 Å². The third-order valence-electron chi connectivity index (χ3n) is 3.83. The van der Waals surface area contributed by atoms with Gasteiger partial charge in [-0.15, -0.1) is 0 Å². The number of carboxylic acids is 2. The van der Waals surface area contributed by atoms with Gasteiger partial charge in [0.05, 0.1) is 0 Å². The minimum Gasteiger partial charge on any atom is -0.481 e. The molecule has 0 radical (unpaired) electrons. The molecule has 0 atom stereocenters. The van der Waals surface area contributed by atoms with Crippen LogP contribution in [0.1, 0.15) is 46.2 Å². The zero-order valence-corrected chi connectivity index (χ0v) is 17.9. The van der Waals surface area contributed by atoms with Crippen molar-refractivity contribution in [3.8, 4) is 11.5 Å². The Balaban J connectivity index is 0. The van der Waals surface area contributed by atoms with Crippen LogP contribution in [0.25, 0.3) is 0 Å². The molecule has 0 saturated heterocycles. The van der Waals surface area contributed by atoms with E-state index in [2.05, 4.69) is 20.0 Å². The van der Waals surface area contributed by atoms with E-state index in [0.29, 0.717) is 22.6 Å². The fourth-order valence-corrected chi connectivity index (χ4v) is 2.23. The number of carbonyl (C=O) groups excluding carboxylic acids is 2. The summed E-state index contributed by atoms with van der Waals surface area (Å²) in [5.74, 6) is -4.21. The summed E-state index contributed by atoms with van der Waals surface area (Å²) in [6, 6.07) is 12.4. The van der Waals surface area contributed by atoms with Gasteiger partial charge in [-0.05, 0) is 48.5 Å². The van der Waals surface area contributed by atoms with E-state index in [1.165, 1.54) is 0 Å². The van der Waals surface area contributed by atoms with Crippen molar-refractivity contribution in [3.05, 3.63) is 59.7 Å². The van der Waals surface area contributed by atoms with Crippen LogP contribution in [0.2, 0.25) is 0 Å². The van der Waals surface area contributed by atoms with Gasteiger partial charge in [-0.25, -0.2) is 9.59 Å². The summed E-state index contributed by atoms with van der Waals surface area (Å²) in [5.41, 5.74) is 12.2. The van der Waals surface area contributed by atoms with Crippen LogP contribution in [-0.2, 0) is 28.9 Å². The highest BCUT2D eigenvalue weighted by Gasteiger charge is 2.11. The van der Waals surface area contributed by atoms with Crippen LogP contribution in [0, 0.1) is 0 Å². The van der Waals surface area contributed by atoms with Gasteiger partial charge in [0.1, 0.15) is 24.3 Å². The number of hydrogen-bond donors (Lipinski definition) is 4. The predicted octanol–water partition coefficient (Wildman–Crippen LogP) is 2.29. The Kier molecular flexibility index (Phi) is 16.0. The summed E-state index contributed by atoms with van der Waals surface area (Å²) < 4.78 is 10.9. The van der Waals surface area contributed by atoms with Gasteiger partial charge in [-0.2, -0.15) is 0 Å². The van der Waals surface area contributed by atoms with Gasteiger partial charge in [0, 0.05) is 11.1 Å². The van der Waals surface area contributed by atoms with Crippen molar-refractivity contribution in [3.63, 3.8) is 0 Å². The average molecular weight is 537 g/mol. The second kappa shape index (κ2) is 17.3. The van der Waals surface area contributed by atoms with Crippen molar-refractivity contribution < 1.29 is 48.5 Å². The van der Waals surface area contributed by atoms with Crippen LogP contribution in [0.5, 0.6) is 11.5 Å². The van der Waals surface area contributed by atoms with Crippen molar-refractivity contribution in [2.75, 3.05) is 6.79 Å². The highest BCUT2D eigenvalue weighted by molar-refractivity contribution is 5.98. The van der Waals surface area contributed by atoms with Crippen LogP contribution in [0.15, 0.2) is 58.8 Å². The molecular weight excluding hydrogens is 504 g/mol. The Morgan fingerprint density at radius 2 is 0.947 bits per heavy atom. The van der Waals surface area contributed by atoms with Crippen LogP contribution in [0.3, 0.4) is 0 Å². The maximum absolute atomic E-state index is 11.2. The molecule has 2 aromatic rings. The fourth-order valence-electron chi connectivity index (χ4n) is 2.23. The van der Waals surface area contributed by atoms with Crippen LogP contribution in [-0.4, -0.2) is 52.6 Å². The molecule has 0 unspecified atom stereocenters. The van der Waals surface area contributed by atoms with E-state index in [1.54, 1.807) is 48.5 Å². The number of carbonyl (C=O) groups is 4. The number of benzene rings is 2. The first kappa shape index (κ1) is 35.0. The zero-order chi connectivity index (χ0) is 25.8. The normalized spacial score (nSPS) is 10.4. The molecule has 0 aliphatic carbocycles. The topological polar surface area (TPSA) is 222 Å². The lowest BCUT2D eigenvalue weighted by atomic mass is 10.2. The van der Waals surface area contributed by atoms with Crippen molar-refractivity contribution in [1.82, 2.24) is 0 Å². The molecule has 0 spiro atoms. The second-order valence-corrected chi connectivity index (χ2v) is 6.48. The quantitative estimate of drug-likeness (QED) is 0.0766. The van der Waals surface area contributed by atoms with Crippen LogP contribution < -0.4 is 20.9 Å². The van der Waals surface area contributed by atoms with E-state index in [4.69, 9.17) is 31.2 Å². The molecule has 0 aromatic heterocycles. The number of oxime groups is 2. The van der Waals surface area contributed by atoms with Crippen LogP contribution in [0.4, 0.5) is 0 Å². The Labute approximate surface area is 219 Å². The lowest BCUT2D eigenvalue weighted by Crippen LogP contribution is -2.16. The number of amidine groups is 2. The Bertz CT molecular complexity index is 1040. The number of aliphatic carboxylic acids is 2. The lowest BCUT2D eigenvalue weighted by molar-refractivity contribution is -0.153. The number of nitrogens with zero attached hydrogens (tertiary/aromatic N) is 2. The molecule has 6 N–H and O–H groups in total. The highest BCUT2D eigenvalue weighted by atomic mass is 16.7. The van der Waals surface area contributed by atoms with Gasteiger partial charge < -0.3 is 40.8 Å².